The van der Waals surface area contributed by atoms with Crippen LogP contribution >= 0.6 is 0 Å². The van der Waals surface area contributed by atoms with Crippen LogP contribution in [-0.2, 0) is 9.59 Å². The number of anilines is 2. The summed E-state index contributed by atoms with van der Waals surface area (Å²) < 4.78 is 18.7. The van der Waals surface area contributed by atoms with E-state index in [1.807, 2.05) is 12.1 Å². The van der Waals surface area contributed by atoms with E-state index in [1.165, 1.54) is 19.2 Å². The van der Waals surface area contributed by atoms with Crippen LogP contribution in [-0.4, -0.2) is 25.5 Å². The molecule has 0 bridgehead atoms. The molecular weight excluding hydrogens is 323 g/mol. The van der Waals surface area contributed by atoms with Crippen LogP contribution in [0.4, 0.5) is 15.8 Å². The normalized spacial score (nSPS) is 16.8. The molecule has 1 atom stereocenters. The number of carbonyl (C=O) groups is 2. The summed E-state index contributed by atoms with van der Waals surface area (Å²) in [5, 5.41) is 2.73. The number of nitrogens with one attached hydrogen (secondary N) is 1. The van der Waals surface area contributed by atoms with Gasteiger partial charge in [-0.15, -0.1) is 0 Å². The topological polar surface area (TPSA) is 58.6 Å². The molecule has 3 rings (SSSR count). The van der Waals surface area contributed by atoms with Gasteiger partial charge in [0.2, 0.25) is 11.8 Å². The monoisotopic (exact) mass is 342 g/mol. The van der Waals surface area contributed by atoms with Crippen molar-refractivity contribution in [2.24, 2.45) is 5.92 Å². The van der Waals surface area contributed by atoms with Crippen molar-refractivity contribution in [3.63, 3.8) is 0 Å². The minimum Gasteiger partial charge on any atom is -0.495 e. The molecule has 1 aliphatic heterocycles. The second-order valence-corrected chi connectivity index (χ2v) is 6.03. The van der Waals surface area contributed by atoms with Gasteiger partial charge in [-0.2, -0.15) is 0 Å². The van der Waals surface area contributed by atoms with Crippen molar-refractivity contribution < 1.29 is 18.7 Å². The Labute approximate surface area is 145 Å². The van der Waals surface area contributed by atoms with Crippen molar-refractivity contribution in [2.45, 2.75) is 13.3 Å². The summed E-state index contributed by atoms with van der Waals surface area (Å²) in [6.07, 6.45) is 0.109. The molecular formula is C19H19FN2O3. The summed E-state index contributed by atoms with van der Waals surface area (Å²) in [7, 11) is 1.54. The Morgan fingerprint density at radius 2 is 2.04 bits per heavy atom. The number of ether oxygens (including phenoxy) is 1. The van der Waals surface area contributed by atoms with Gasteiger partial charge in [0.15, 0.2) is 0 Å². The molecule has 25 heavy (non-hydrogen) atoms. The third-order valence-electron chi connectivity index (χ3n) is 4.33. The van der Waals surface area contributed by atoms with Crippen molar-refractivity contribution in [1.82, 2.24) is 0 Å². The fourth-order valence-electron chi connectivity index (χ4n) is 2.93. The van der Waals surface area contributed by atoms with Crippen molar-refractivity contribution in [1.29, 1.82) is 0 Å². The van der Waals surface area contributed by atoms with Crippen LogP contribution < -0.4 is 15.0 Å². The third kappa shape index (κ3) is 3.47. The van der Waals surface area contributed by atoms with Crippen LogP contribution in [0, 0.1) is 18.7 Å². The zero-order valence-corrected chi connectivity index (χ0v) is 14.1. The smallest absolute Gasteiger partial charge is 0.229 e. The molecule has 0 aliphatic carbocycles. The number of benzene rings is 2. The summed E-state index contributed by atoms with van der Waals surface area (Å²) in [4.78, 5) is 26.4. The number of carbonyl (C=O) groups excluding carboxylic acids is 2. The molecule has 2 aromatic carbocycles. The predicted octanol–water partition coefficient (Wildman–Crippen LogP) is 3.13. The van der Waals surface area contributed by atoms with Gasteiger partial charge in [-0.25, -0.2) is 4.39 Å². The maximum Gasteiger partial charge on any atom is 0.229 e. The van der Waals surface area contributed by atoms with E-state index in [-0.39, 0.29) is 24.8 Å². The van der Waals surface area contributed by atoms with E-state index >= 15 is 0 Å². The van der Waals surface area contributed by atoms with E-state index in [0.717, 1.165) is 5.56 Å². The zero-order chi connectivity index (χ0) is 18.0. The predicted molar refractivity (Wildman–Crippen MR) is 93.2 cm³/mol. The number of aryl methyl sites for hydroxylation is 1. The molecule has 1 saturated heterocycles. The highest BCUT2D eigenvalue weighted by Crippen LogP contribution is 2.33. The number of para-hydroxylation sites is 2. The molecule has 1 N–H and O–H groups in total. The van der Waals surface area contributed by atoms with Gasteiger partial charge >= 0.3 is 0 Å². The van der Waals surface area contributed by atoms with E-state index in [0.29, 0.717) is 17.1 Å². The average Bonchev–Trinajstić information content (AvgIpc) is 3.00. The second kappa shape index (κ2) is 6.93. The van der Waals surface area contributed by atoms with Crippen molar-refractivity contribution in [3.8, 4) is 5.75 Å². The maximum absolute atomic E-state index is 13.4. The lowest BCUT2D eigenvalue weighted by Gasteiger charge is -2.19. The van der Waals surface area contributed by atoms with E-state index in [1.54, 1.807) is 30.0 Å². The van der Waals surface area contributed by atoms with Gasteiger partial charge in [0.25, 0.3) is 0 Å². The van der Waals surface area contributed by atoms with E-state index in [4.69, 9.17) is 4.74 Å². The van der Waals surface area contributed by atoms with Crippen LogP contribution in [0.3, 0.4) is 0 Å². The Hall–Kier alpha value is -2.89. The lowest BCUT2D eigenvalue weighted by molar-refractivity contribution is -0.122. The molecule has 2 amide bonds. The number of halogens is 1. The number of hydrogen-bond donors (Lipinski definition) is 1. The minimum absolute atomic E-state index is 0.109. The number of hydrogen-bond acceptors (Lipinski definition) is 3. The third-order valence-corrected chi connectivity index (χ3v) is 4.33. The first-order valence-electron chi connectivity index (χ1n) is 8.00. The molecule has 6 heteroatoms. The summed E-state index contributed by atoms with van der Waals surface area (Å²) in [5.74, 6) is -0.767. The maximum atomic E-state index is 13.4. The average molecular weight is 342 g/mol. The summed E-state index contributed by atoms with van der Waals surface area (Å²) in [5.41, 5.74) is 1.83. The fourth-order valence-corrected chi connectivity index (χ4v) is 2.93. The van der Waals surface area contributed by atoms with E-state index < -0.39 is 11.7 Å². The number of rotatable bonds is 4. The van der Waals surface area contributed by atoms with Crippen molar-refractivity contribution >= 4 is 23.2 Å². The van der Waals surface area contributed by atoms with Gasteiger partial charge in [-0.05, 0) is 36.8 Å². The molecule has 0 saturated carbocycles. The Morgan fingerprint density at radius 1 is 1.28 bits per heavy atom. The number of nitrogens with zero attached hydrogens (tertiary/aromatic N) is 1. The molecule has 0 radical (unpaired) electrons. The van der Waals surface area contributed by atoms with Crippen LogP contribution in [0.1, 0.15) is 12.0 Å². The molecule has 2 aromatic rings. The molecule has 1 heterocycles. The summed E-state index contributed by atoms with van der Waals surface area (Å²) in [6.45, 7) is 2.05. The molecule has 1 aliphatic rings. The van der Waals surface area contributed by atoms with Crippen molar-refractivity contribution in [2.75, 3.05) is 23.9 Å². The Bertz CT molecular complexity index is 822. The second-order valence-electron chi connectivity index (χ2n) is 6.03. The number of methoxy groups -OCH3 is 1. The highest BCUT2D eigenvalue weighted by Gasteiger charge is 2.36. The van der Waals surface area contributed by atoms with Gasteiger partial charge in [-0.1, -0.05) is 18.2 Å². The molecule has 1 fully saturated rings. The first-order valence-corrected chi connectivity index (χ1v) is 8.00. The molecule has 0 unspecified atom stereocenters. The van der Waals surface area contributed by atoms with Crippen LogP contribution in [0.15, 0.2) is 42.5 Å². The van der Waals surface area contributed by atoms with Crippen molar-refractivity contribution in [3.05, 3.63) is 53.8 Å². The van der Waals surface area contributed by atoms with Crippen LogP contribution in [0.5, 0.6) is 5.75 Å². The van der Waals surface area contributed by atoms with Crippen LogP contribution in [0.2, 0.25) is 0 Å². The van der Waals surface area contributed by atoms with Gasteiger partial charge < -0.3 is 15.0 Å². The van der Waals surface area contributed by atoms with E-state index in [2.05, 4.69) is 5.32 Å². The van der Waals surface area contributed by atoms with E-state index in [9.17, 15) is 14.0 Å². The van der Waals surface area contributed by atoms with Gasteiger partial charge in [0, 0.05) is 18.7 Å². The first-order chi connectivity index (χ1) is 12.0. The molecule has 0 aromatic heterocycles. The first kappa shape index (κ1) is 17.0. The lowest BCUT2D eigenvalue weighted by atomic mass is 10.1. The van der Waals surface area contributed by atoms with Gasteiger partial charge in [-0.3, -0.25) is 9.59 Å². The highest BCUT2D eigenvalue weighted by atomic mass is 19.1. The lowest BCUT2D eigenvalue weighted by Crippen LogP contribution is -2.28. The SMILES string of the molecule is COc1ccccc1N1C[C@@H](C(=O)Nc2cc(F)ccc2C)CC1=O. The minimum atomic E-state index is -0.500. The number of amides is 2. The summed E-state index contributed by atoms with van der Waals surface area (Å²) >= 11 is 0. The quantitative estimate of drug-likeness (QED) is 0.929. The fraction of sp³-hybridized carbons (Fsp3) is 0.263. The Balaban J connectivity index is 1.76. The molecule has 5 nitrogen and oxygen atoms in total. The highest BCUT2D eigenvalue weighted by molar-refractivity contribution is 6.04. The Kier molecular flexibility index (Phi) is 4.70. The zero-order valence-electron chi connectivity index (χ0n) is 14.1. The van der Waals surface area contributed by atoms with Gasteiger partial charge in [0.1, 0.15) is 11.6 Å². The summed E-state index contributed by atoms with van der Waals surface area (Å²) in [6, 6.07) is 11.4. The largest absolute Gasteiger partial charge is 0.495 e. The molecule has 130 valence electrons. The van der Waals surface area contributed by atoms with Crippen LogP contribution in [0.25, 0.3) is 0 Å². The molecule has 0 spiro atoms. The standard InChI is InChI=1S/C19H19FN2O3/c1-12-7-8-14(20)10-15(12)21-19(24)13-9-18(23)22(11-13)16-5-3-4-6-17(16)25-2/h3-8,10,13H,9,11H2,1-2H3,(H,21,24)/t13-/m0/s1. The van der Waals surface area contributed by atoms with Gasteiger partial charge in [0.05, 0.1) is 18.7 Å². The Morgan fingerprint density at radius 3 is 2.80 bits per heavy atom.